The van der Waals surface area contributed by atoms with Crippen molar-refractivity contribution >= 4 is 23.2 Å². The fourth-order valence-corrected chi connectivity index (χ4v) is 4.10. The number of hydrogen-bond donors (Lipinski definition) is 1. The molecule has 0 amide bonds. The van der Waals surface area contributed by atoms with Crippen LogP contribution in [0.2, 0.25) is 10.0 Å². The maximum atomic E-state index is 6.13. The molecule has 5 heteroatoms. The van der Waals surface area contributed by atoms with Gasteiger partial charge in [0.15, 0.2) is 0 Å². The Morgan fingerprint density at radius 3 is 2.60 bits per heavy atom. The molecular formula is C15H21Cl2N3. The summed E-state index contributed by atoms with van der Waals surface area (Å²) in [5, 5.41) is 1.37. The van der Waals surface area contributed by atoms with Crippen LogP contribution >= 0.6 is 23.2 Å². The van der Waals surface area contributed by atoms with Crippen molar-refractivity contribution in [2.75, 3.05) is 32.7 Å². The summed E-state index contributed by atoms with van der Waals surface area (Å²) >= 11 is 12.3. The number of piperazine rings is 1. The summed E-state index contributed by atoms with van der Waals surface area (Å²) in [5.74, 6) is 0. The molecule has 2 fully saturated rings. The molecule has 0 bridgehead atoms. The second-order valence-electron chi connectivity index (χ2n) is 5.78. The van der Waals surface area contributed by atoms with E-state index in [2.05, 4.69) is 9.80 Å². The summed E-state index contributed by atoms with van der Waals surface area (Å²) in [7, 11) is 0. The summed E-state index contributed by atoms with van der Waals surface area (Å²) in [6, 6.07) is 6.67. The third-order valence-electron chi connectivity index (χ3n) is 4.55. The largest absolute Gasteiger partial charge is 0.329 e. The van der Waals surface area contributed by atoms with E-state index in [-0.39, 0.29) is 6.04 Å². The lowest BCUT2D eigenvalue weighted by molar-refractivity contribution is 0.0737. The molecule has 2 saturated heterocycles. The maximum absolute atomic E-state index is 6.13. The van der Waals surface area contributed by atoms with Gasteiger partial charge in [0, 0.05) is 48.3 Å². The number of nitrogens with two attached hydrogens (primary N) is 1. The predicted octanol–water partition coefficient (Wildman–Crippen LogP) is 2.77. The molecule has 2 aliphatic rings. The van der Waals surface area contributed by atoms with E-state index in [1.165, 1.54) is 19.4 Å². The highest BCUT2D eigenvalue weighted by Gasteiger charge is 2.33. The highest BCUT2D eigenvalue weighted by Crippen LogP contribution is 2.30. The molecule has 110 valence electrons. The van der Waals surface area contributed by atoms with Gasteiger partial charge in [-0.3, -0.25) is 9.80 Å². The van der Waals surface area contributed by atoms with Crippen LogP contribution in [0.1, 0.15) is 24.4 Å². The Morgan fingerprint density at radius 1 is 1.15 bits per heavy atom. The lowest BCUT2D eigenvalue weighted by atomic mass is 10.0. The van der Waals surface area contributed by atoms with Crippen LogP contribution in [-0.2, 0) is 0 Å². The minimum absolute atomic E-state index is 0.217. The number of halogens is 2. The van der Waals surface area contributed by atoms with E-state index >= 15 is 0 Å². The van der Waals surface area contributed by atoms with Gasteiger partial charge < -0.3 is 5.73 Å². The number of fused-ring (bicyclic) bond motifs is 1. The summed E-state index contributed by atoms with van der Waals surface area (Å²) in [6.45, 7) is 5.18. The van der Waals surface area contributed by atoms with Gasteiger partial charge in [-0.05, 0) is 43.1 Å². The van der Waals surface area contributed by atoms with Crippen molar-refractivity contribution < 1.29 is 0 Å². The molecule has 0 aromatic heterocycles. The lowest BCUT2D eigenvalue weighted by Crippen LogP contribution is -2.52. The smallest absolute Gasteiger partial charge is 0.0472 e. The quantitative estimate of drug-likeness (QED) is 0.931. The molecule has 0 spiro atoms. The molecular weight excluding hydrogens is 293 g/mol. The topological polar surface area (TPSA) is 32.5 Å². The summed E-state index contributed by atoms with van der Waals surface area (Å²) < 4.78 is 0. The van der Waals surface area contributed by atoms with E-state index in [0.29, 0.717) is 22.6 Å². The molecule has 1 aromatic rings. The zero-order chi connectivity index (χ0) is 14.1. The van der Waals surface area contributed by atoms with Gasteiger partial charge in [0.05, 0.1) is 0 Å². The van der Waals surface area contributed by atoms with Crippen LogP contribution in [0.3, 0.4) is 0 Å². The van der Waals surface area contributed by atoms with Crippen molar-refractivity contribution in [2.24, 2.45) is 5.73 Å². The van der Waals surface area contributed by atoms with Gasteiger partial charge in [0.2, 0.25) is 0 Å². The van der Waals surface area contributed by atoms with Crippen LogP contribution in [-0.4, -0.2) is 48.6 Å². The maximum Gasteiger partial charge on any atom is 0.0472 e. The fraction of sp³-hybridized carbons (Fsp3) is 0.600. The van der Waals surface area contributed by atoms with Crippen molar-refractivity contribution in [3.63, 3.8) is 0 Å². The zero-order valence-electron chi connectivity index (χ0n) is 11.6. The lowest BCUT2D eigenvalue weighted by Gasteiger charge is -2.41. The van der Waals surface area contributed by atoms with Gasteiger partial charge in [-0.1, -0.05) is 23.2 Å². The molecule has 20 heavy (non-hydrogen) atoms. The average molecular weight is 314 g/mol. The third kappa shape index (κ3) is 2.97. The number of benzene rings is 1. The molecule has 3 rings (SSSR count). The van der Waals surface area contributed by atoms with Gasteiger partial charge >= 0.3 is 0 Å². The van der Waals surface area contributed by atoms with E-state index < -0.39 is 0 Å². The van der Waals surface area contributed by atoms with E-state index in [9.17, 15) is 0 Å². The standard InChI is InChI=1S/C15H21Cl2N3/c16-12-6-11(7-13(17)8-12)15(9-18)20-5-4-19-3-1-2-14(19)10-20/h6-8,14-15H,1-5,9-10,18H2. The Morgan fingerprint density at radius 2 is 1.90 bits per heavy atom. The van der Waals surface area contributed by atoms with Crippen LogP contribution in [0.4, 0.5) is 0 Å². The molecule has 0 aliphatic carbocycles. The van der Waals surface area contributed by atoms with E-state index in [4.69, 9.17) is 28.9 Å². The van der Waals surface area contributed by atoms with E-state index in [0.717, 1.165) is 25.2 Å². The minimum atomic E-state index is 0.217. The normalized spacial score (nSPS) is 25.6. The predicted molar refractivity (Wildman–Crippen MR) is 84.4 cm³/mol. The molecule has 2 N–H and O–H groups in total. The van der Waals surface area contributed by atoms with Gasteiger partial charge in [0.1, 0.15) is 0 Å². The molecule has 2 unspecified atom stereocenters. The Hall–Kier alpha value is -0.320. The fourth-order valence-electron chi connectivity index (χ4n) is 3.56. The third-order valence-corrected chi connectivity index (χ3v) is 4.99. The second-order valence-corrected chi connectivity index (χ2v) is 6.65. The number of hydrogen-bond acceptors (Lipinski definition) is 3. The zero-order valence-corrected chi connectivity index (χ0v) is 13.1. The molecule has 1 aromatic carbocycles. The van der Waals surface area contributed by atoms with Crippen LogP contribution in [0.15, 0.2) is 18.2 Å². The van der Waals surface area contributed by atoms with E-state index in [1.54, 1.807) is 6.07 Å². The van der Waals surface area contributed by atoms with Crippen molar-refractivity contribution in [3.05, 3.63) is 33.8 Å². The molecule has 0 radical (unpaired) electrons. The van der Waals surface area contributed by atoms with Gasteiger partial charge in [0.25, 0.3) is 0 Å². The SMILES string of the molecule is NCC(c1cc(Cl)cc(Cl)c1)N1CCN2CCCC2C1. The van der Waals surface area contributed by atoms with Gasteiger partial charge in [-0.2, -0.15) is 0 Å². The van der Waals surface area contributed by atoms with Gasteiger partial charge in [-0.15, -0.1) is 0 Å². The first-order valence-corrected chi connectivity index (χ1v) is 8.07. The van der Waals surface area contributed by atoms with Crippen molar-refractivity contribution in [1.82, 2.24) is 9.80 Å². The highest BCUT2D eigenvalue weighted by molar-refractivity contribution is 6.34. The van der Waals surface area contributed by atoms with Crippen LogP contribution in [0.25, 0.3) is 0 Å². The van der Waals surface area contributed by atoms with Crippen LogP contribution < -0.4 is 5.73 Å². The first kappa shape index (κ1) is 14.6. The first-order chi connectivity index (χ1) is 9.67. The number of nitrogens with zero attached hydrogens (tertiary/aromatic N) is 2. The summed E-state index contributed by atoms with van der Waals surface area (Å²) in [4.78, 5) is 5.10. The van der Waals surface area contributed by atoms with Crippen molar-refractivity contribution in [3.8, 4) is 0 Å². The Kier molecular flexibility index (Phi) is 4.53. The van der Waals surface area contributed by atoms with Crippen LogP contribution in [0, 0.1) is 0 Å². The molecule has 2 atom stereocenters. The minimum Gasteiger partial charge on any atom is -0.329 e. The summed E-state index contributed by atoms with van der Waals surface area (Å²) in [5.41, 5.74) is 7.17. The second kappa shape index (κ2) is 6.20. The first-order valence-electron chi connectivity index (χ1n) is 7.31. The Bertz CT molecular complexity index is 460. The number of rotatable bonds is 3. The molecule has 0 saturated carbocycles. The average Bonchev–Trinajstić information content (AvgIpc) is 2.86. The van der Waals surface area contributed by atoms with Crippen molar-refractivity contribution in [1.29, 1.82) is 0 Å². The molecule has 2 heterocycles. The van der Waals surface area contributed by atoms with Gasteiger partial charge in [-0.25, -0.2) is 0 Å². The van der Waals surface area contributed by atoms with Crippen molar-refractivity contribution in [2.45, 2.75) is 24.9 Å². The molecule has 2 aliphatic heterocycles. The molecule has 3 nitrogen and oxygen atoms in total. The highest BCUT2D eigenvalue weighted by atomic mass is 35.5. The van der Waals surface area contributed by atoms with Crippen LogP contribution in [0.5, 0.6) is 0 Å². The Labute approximate surface area is 130 Å². The summed E-state index contributed by atoms with van der Waals surface area (Å²) in [6.07, 6.45) is 2.64. The monoisotopic (exact) mass is 313 g/mol. The Balaban J connectivity index is 1.79. The van der Waals surface area contributed by atoms with E-state index in [1.807, 2.05) is 12.1 Å².